The average molecular weight is 326 g/mol. The quantitative estimate of drug-likeness (QED) is 0.866. The number of rotatable bonds is 4. The van der Waals surface area contributed by atoms with Crippen molar-refractivity contribution >= 4 is 0 Å². The largest absolute Gasteiger partial charge is 0.381 e. The molecule has 2 saturated heterocycles. The van der Waals surface area contributed by atoms with E-state index in [1.807, 2.05) is 12.4 Å². The summed E-state index contributed by atoms with van der Waals surface area (Å²) in [6.45, 7) is 5.12. The first-order valence-corrected chi connectivity index (χ1v) is 9.20. The van der Waals surface area contributed by atoms with Crippen molar-refractivity contribution in [3.05, 3.63) is 42.1 Å². The van der Waals surface area contributed by atoms with E-state index in [2.05, 4.69) is 39.6 Å². The second kappa shape index (κ2) is 7.03. The van der Waals surface area contributed by atoms with Crippen LogP contribution >= 0.6 is 0 Å². The van der Waals surface area contributed by atoms with Crippen LogP contribution in [0, 0.1) is 0 Å². The van der Waals surface area contributed by atoms with E-state index in [1.165, 1.54) is 25.1 Å². The molecule has 0 N–H and O–H groups in total. The number of hydrogen-bond acceptors (Lipinski definition) is 4. The molecule has 24 heavy (non-hydrogen) atoms. The van der Waals surface area contributed by atoms with Gasteiger partial charge < -0.3 is 4.74 Å². The molecular formula is C19H26N4O. The third kappa shape index (κ3) is 2.98. The minimum atomic E-state index is 0.446. The number of nitrogens with zero attached hydrogens (tertiary/aromatic N) is 4. The van der Waals surface area contributed by atoms with Gasteiger partial charge in [-0.25, -0.2) is 9.97 Å². The number of likely N-dealkylation sites (tertiary alicyclic amines) is 1. The molecule has 1 atom stereocenters. The molecule has 4 rings (SSSR count). The van der Waals surface area contributed by atoms with Crippen molar-refractivity contribution in [2.75, 3.05) is 19.8 Å². The lowest BCUT2D eigenvalue weighted by atomic mass is 10.0. The lowest BCUT2D eigenvalue weighted by molar-refractivity contribution is 0.0285. The molecule has 0 saturated carbocycles. The molecule has 0 aliphatic carbocycles. The molecule has 0 amide bonds. The van der Waals surface area contributed by atoms with Crippen molar-refractivity contribution in [2.24, 2.45) is 0 Å². The Morgan fingerprint density at radius 3 is 2.92 bits per heavy atom. The highest BCUT2D eigenvalue weighted by Gasteiger charge is 2.33. The standard InChI is InChI=1S/C19H26N4O/c1-2-18-20-10-12-23(18)19-7-3-5-16(21-19)17-6-4-11-22(17)15-8-13-24-14-9-15/h3,5,7,10,12,15,17H,2,4,6,8-9,11,13-14H2,1H3/t17-/m0/s1. The molecule has 0 unspecified atom stereocenters. The van der Waals surface area contributed by atoms with Gasteiger partial charge in [0.05, 0.1) is 11.7 Å². The lowest BCUT2D eigenvalue weighted by Crippen LogP contribution is -2.39. The van der Waals surface area contributed by atoms with Gasteiger partial charge in [-0.3, -0.25) is 9.47 Å². The van der Waals surface area contributed by atoms with E-state index in [-0.39, 0.29) is 0 Å². The highest BCUT2D eigenvalue weighted by atomic mass is 16.5. The summed E-state index contributed by atoms with van der Waals surface area (Å²) in [5, 5.41) is 0. The van der Waals surface area contributed by atoms with Crippen LogP contribution in [0.5, 0.6) is 0 Å². The van der Waals surface area contributed by atoms with E-state index in [9.17, 15) is 0 Å². The molecule has 2 aliphatic heterocycles. The molecule has 2 aromatic rings. The summed E-state index contributed by atoms with van der Waals surface area (Å²) in [4.78, 5) is 12.1. The first kappa shape index (κ1) is 15.8. The van der Waals surface area contributed by atoms with Crippen molar-refractivity contribution in [3.8, 4) is 5.82 Å². The molecule has 2 aromatic heterocycles. The van der Waals surface area contributed by atoms with E-state index < -0.39 is 0 Å². The molecular weight excluding hydrogens is 300 g/mol. The summed E-state index contributed by atoms with van der Waals surface area (Å²) in [6, 6.07) is 7.50. The second-order valence-corrected chi connectivity index (χ2v) is 6.73. The van der Waals surface area contributed by atoms with Gasteiger partial charge in [-0.2, -0.15) is 0 Å². The molecule has 4 heterocycles. The van der Waals surface area contributed by atoms with Crippen molar-refractivity contribution in [1.29, 1.82) is 0 Å². The number of hydrogen-bond donors (Lipinski definition) is 0. The van der Waals surface area contributed by atoms with Crippen molar-refractivity contribution in [3.63, 3.8) is 0 Å². The van der Waals surface area contributed by atoms with Crippen LogP contribution in [-0.4, -0.2) is 45.2 Å². The molecule has 2 fully saturated rings. The fourth-order valence-electron chi connectivity index (χ4n) is 4.12. The lowest BCUT2D eigenvalue weighted by Gasteiger charge is -2.35. The fraction of sp³-hybridized carbons (Fsp3) is 0.579. The predicted octanol–water partition coefficient (Wildman–Crippen LogP) is 3.15. The SMILES string of the molecule is CCc1nccn1-c1cccc([C@@H]2CCCN2C2CCOCC2)n1. The Balaban J connectivity index is 1.60. The van der Waals surface area contributed by atoms with Gasteiger partial charge in [-0.15, -0.1) is 0 Å². The number of ether oxygens (including phenoxy) is 1. The third-order valence-electron chi connectivity index (χ3n) is 5.33. The van der Waals surface area contributed by atoms with Crippen LogP contribution in [0.3, 0.4) is 0 Å². The molecule has 5 nitrogen and oxygen atoms in total. The summed E-state index contributed by atoms with van der Waals surface area (Å²) in [5.74, 6) is 2.05. The van der Waals surface area contributed by atoms with Gasteiger partial charge in [-0.1, -0.05) is 13.0 Å². The van der Waals surface area contributed by atoms with Crippen molar-refractivity contribution in [1.82, 2.24) is 19.4 Å². The molecule has 0 aromatic carbocycles. The molecule has 0 spiro atoms. The Kier molecular flexibility index (Phi) is 4.63. The van der Waals surface area contributed by atoms with E-state index >= 15 is 0 Å². The highest BCUT2D eigenvalue weighted by molar-refractivity contribution is 5.28. The number of imidazole rings is 1. The Morgan fingerprint density at radius 1 is 1.21 bits per heavy atom. The average Bonchev–Trinajstić information content (AvgIpc) is 3.31. The van der Waals surface area contributed by atoms with E-state index in [4.69, 9.17) is 9.72 Å². The number of aromatic nitrogens is 3. The summed E-state index contributed by atoms with van der Waals surface area (Å²) in [6.07, 6.45) is 9.55. The zero-order valence-electron chi connectivity index (χ0n) is 14.4. The Bertz CT molecular complexity index is 678. The normalized spacial score (nSPS) is 23.0. The number of aryl methyl sites for hydroxylation is 1. The van der Waals surface area contributed by atoms with Crippen LogP contribution in [0.1, 0.15) is 50.2 Å². The Labute approximate surface area is 143 Å². The van der Waals surface area contributed by atoms with Gasteiger partial charge in [0.2, 0.25) is 0 Å². The Hall–Kier alpha value is -1.72. The van der Waals surface area contributed by atoms with Gasteiger partial charge in [0.25, 0.3) is 0 Å². The minimum absolute atomic E-state index is 0.446. The van der Waals surface area contributed by atoms with E-state index in [0.29, 0.717) is 12.1 Å². The highest BCUT2D eigenvalue weighted by Crippen LogP contribution is 2.35. The summed E-state index contributed by atoms with van der Waals surface area (Å²) < 4.78 is 7.65. The summed E-state index contributed by atoms with van der Waals surface area (Å²) >= 11 is 0. The van der Waals surface area contributed by atoms with Gasteiger partial charge in [0.1, 0.15) is 11.6 Å². The first-order valence-electron chi connectivity index (χ1n) is 9.20. The zero-order chi connectivity index (χ0) is 16.4. The maximum Gasteiger partial charge on any atom is 0.138 e. The maximum absolute atomic E-state index is 5.54. The smallest absolute Gasteiger partial charge is 0.138 e. The molecule has 128 valence electrons. The van der Waals surface area contributed by atoms with Crippen LogP contribution in [0.25, 0.3) is 5.82 Å². The molecule has 5 heteroatoms. The third-order valence-corrected chi connectivity index (χ3v) is 5.33. The molecule has 0 bridgehead atoms. The number of pyridine rings is 1. The first-order chi connectivity index (χ1) is 11.9. The van der Waals surface area contributed by atoms with E-state index in [0.717, 1.165) is 44.1 Å². The van der Waals surface area contributed by atoms with Crippen LogP contribution in [0.15, 0.2) is 30.6 Å². The van der Waals surface area contributed by atoms with Crippen LogP contribution in [0.4, 0.5) is 0 Å². The molecule has 2 aliphatic rings. The summed E-state index contributed by atoms with van der Waals surface area (Å²) in [7, 11) is 0. The predicted molar refractivity (Wildman–Crippen MR) is 93.3 cm³/mol. The van der Waals surface area contributed by atoms with Gasteiger partial charge in [-0.05, 0) is 44.4 Å². The van der Waals surface area contributed by atoms with Crippen LogP contribution in [0.2, 0.25) is 0 Å². The molecule has 0 radical (unpaired) electrons. The topological polar surface area (TPSA) is 43.2 Å². The van der Waals surface area contributed by atoms with Crippen LogP contribution in [-0.2, 0) is 11.2 Å². The zero-order valence-corrected chi connectivity index (χ0v) is 14.4. The van der Waals surface area contributed by atoms with Crippen molar-refractivity contribution in [2.45, 2.75) is 51.1 Å². The second-order valence-electron chi connectivity index (χ2n) is 6.73. The van der Waals surface area contributed by atoms with E-state index in [1.54, 1.807) is 0 Å². The van der Waals surface area contributed by atoms with Crippen LogP contribution < -0.4 is 0 Å². The monoisotopic (exact) mass is 326 g/mol. The van der Waals surface area contributed by atoms with Crippen molar-refractivity contribution < 1.29 is 4.74 Å². The van der Waals surface area contributed by atoms with Gasteiger partial charge in [0.15, 0.2) is 0 Å². The Morgan fingerprint density at radius 2 is 2.08 bits per heavy atom. The minimum Gasteiger partial charge on any atom is -0.381 e. The fourth-order valence-corrected chi connectivity index (χ4v) is 4.12. The van der Waals surface area contributed by atoms with Gasteiger partial charge >= 0.3 is 0 Å². The maximum atomic E-state index is 5.54. The van der Waals surface area contributed by atoms with Gasteiger partial charge in [0, 0.05) is 38.1 Å². The summed E-state index contributed by atoms with van der Waals surface area (Å²) in [5.41, 5.74) is 1.20.